The van der Waals surface area contributed by atoms with Gasteiger partial charge in [0, 0.05) is 0 Å². The summed E-state index contributed by atoms with van der Waals surface area (Å²) in [6, 6.07) is -0.347. The maximum Gasteiger partial charge on any atom is 0.289 e. The Morgan fingerprint density at radius 3 is 2.50 bits per heavy atom. The molecule has 0 aliphatic carbocycles. The summed E-state index contributed by atoms with van der Waals surface area (Å²) in [6.45, 7) is -1.56. The van der Waals surface area contributed by atoms with E-state index in [0.717, 1.165) is 12.1 Å². The van der Waals surface area contributed by atoms with Crippen LogP contribution in [0.5, 0.6) is 5.75 Å². The standard InChI is InChI=1S/C9H9ClF3NO2/c10-4-1-2-5(11)6(7(4)16)8(14)9(12,13)3-15/h1-2,8,15-16H,3,14H2/t8-/m1/s1. The summed E-state index contributed by atoms with van der Waals surface area (Å²) in [5.41, 5.74) is 4.27. The normalized spacial score (nSPS) is 13.9. The van der Waals surface area contributed by atoms with Gasteiger partial charge in [-0.3, -0.25) is 0 Å². The number of rotatable bonds is 3. The van der Waals surface area contributed by atoms with Gasteiger partial charge < -0.3 is 15.9 Å². The van der Waals surface area contributed by atoms with Crippen LogP contribution in [0.3, 0.4) is 0 Å². The number of aromatic hydroxyl groups is 1. The van der Waals surface area contributed by atoms with Crippen LogP contribution in [0.4, 0.5) is 13.2 Å². The van der Waals surface area contributed by atoms with Crippen molar-refractivity contribution in [3.63, 3.8) is 0 Å². The quantitative estimate of drug-likeness (QED) is 0.772. The van der Waals surface area contributed by atoms with Crippen LogP contribution in [0.25, 0.3) is 0 Å². The van der Waals surface area contributed by atoms with Crippen molar-refractivity contribution in [3.8, 4) is 5.75 Å². The van der Waals surface area contributed by atoms with E-state index >= 15 is 0 Å². The van der Waals surface area contributed by atoms with Crippen molar-refractivity contribution in [1.29, 1.82) is 0 Å². The predicted octanol–water partition coefficient (Wildman–Crippen LogP) is 1.81. The molecule has 0 spiro atoms. The summed E-state index contributed by atoms with van der Waals surface area (Å²) in [6.07, 6.45) is 0. The summed E-state index contributed by atoms with van der Waals surface area (Å²) in [5, 5.41) is 17.5. The van der Waals surface area contributed by atoms with E-state index in [2.05, 4.69) is 0 Å². The predicted molar refractivity (Wildman–Crippen MR) is 52.0 cm³/mol. The second kappa shape index (κ2) is 4.48. The molecule has 0 fully saturated rings. The van der Waals surface area contributed by atoms with Crippen molar-refractivity contribution in [2.45, 2.75) is 12.0 Å². The number of benzene rings is 1. The van der Waals surface area contributed by atoms with Gasteiger partial charge in [0.05, 0.1) is 10.6 Å². The first-order chi connectivity index (χ1) is 7.31. The van der Waals surface area contributed by atoms with Crippen LogP contribution < -0.4 is 5.73 Å². The number of alkyl halides is 2. The van der Waals surface area contributed by atoms with Crippen molar-refractivity contribution in [1.82, 2.24) is 0 Å². The van der Waals surface area contributed by atoms with Gasteiger partial charge in [-0.2, -0.15) is 0 Å². The van der Waals surface area contributed by atoms with Crippen molar-refractivity contribution < 1.29 is 23.4 Å². The second-order valence-corrected chi connectivity index (χ2v) is 3.60. The Balaban J connectivity index is 3.28. The SMILES string of the molecule is N[C@H](c1c(F)ccc(Cl)c1O)C(F)(F)CO. The molecule has 0 radical (unpaired) electrons. The molecule has 0 saturated heterocycles. The number of phenols is 1. The minimum Gasteiger partial charge on any atom is -0.506 e. The summed E-state index contributed by atoms with van der Waals surface area (Å²) in [5.74, 6) is -5.70. The molecule has 1 rings (SSSR count). The van der Waals surface area contributed by atoms with Gasteiger partial charge in [-0.15, -0.1) is 0 Å². The summed E-state index contributed by atoms with van der Waals surface area (Å²) in [7, 11) is 0. The van der Waals surface area contributed by atoms with Gasteiger partial charge in [-0.25, -0.2) is 13.2 Å². The highest BCUT2D eigenvalue weighted by Gasteiger charge is 2.40. The Kier molecular flexibility index (Phi) is 3.67. The van der Waals surface area contributed by atoms with E-state index in [9.17, 15) is 18.3 Å². The molecular formula is C9H9ClF3NO2. The van der Waals surface area contributed by atoms with Crippen LogP contribution in [0.1, 0.15) is 11.6 Å². The smallest absolute Gasteiger partial charge is 0.289 e. The minimum absolute atomic E-state index is 0.291. The lowest BCUT2D eigenvalue weighted by Crippen LogP contribution is -2.36. The molecule has 16 heavy (non-hydrogen) atoms. The molecule has 0 aliphatic rings. The third kappa shape index (κ3) is 2.23. The van der Waals surface area contributed by atoms with Gasteiger partial charge in [-0.1, -0.05) is 11.6 Å². The third-order valence-corrected chi connectivity index (χ3v) is 2.40. The van der Waals surface area contributed by atoms with E-state index in [0.29, 0.717) is 0 Å². The van der Waals surface area contributed by atoms with Crippen LogP contribution in [0.15, 0.2) is 12.1 Å². The van der Waals surface area contributed by atoms with Crippen molar-refractivity contribution in [2.75, 3.05) is 6.61 Å². The zero-order chi connectivity index (χ0) is 12.5. The van der Waals surface area contributed by atoms with E-state index in [1.165, 1.54) is 0 Å². The van der Waals surface area contributed by atoms with Gasteiger partial charge in [0.15, 0.2) is 0 Å². The highest BCUT2D eigenvalue weighted by molar-refractivity contribution is 6.32. The van der Waals surface area contributed by atoms with Crippen LogP contribution in [-0.2, 0) is 0 Å². The largest absolute Gasteiger partial charge is 0.506 e. The van der Waals surface area contributed by atoms with E-state index in [-0.39, 0.29) is 5.02 Å². The average Bonchev–Trinajstić information content (AvgIpc) is 2.24. The number of halogens is 4. The van der Waals surface area contributed by atoms with E-state index < -0.39 is 35.7 Å². The Labute approximate surface area is 94.3 Å². The highest BCUT2D eigenvalue weighted by atomic mass is 35.5. The van der Waals surface area contributed by atoms with Gasteiger partial charge in [0.2, 0.25) is 0 Å². The first-order valence-electron chi connectivity index (χ1n) is 4.22. The summed E-state index contributed by atoms with van der Waals surface area (Å²) in [4.78, 5) is 0. The number of aliphatic hydroxyl groups excluding tert-OH is 1. The van der Waals surface area contributed by atoms with Gasteiger partial charge >= 0.3 is 0 Å². The maximum absolute atomic E-state index is 13.2. The monoisotopic (exact) mass is 255 g/mol. The minimum atomic E-state index is -3.75. The molecule has 0 saturated carbocycles. The fourth-order valence-electron chi connectivity index (χ4n) is 1.16. The topological polar surface area (TPSA) is 66.5 Å². The Bertz CT molecular complexity index is 401. The third-order valence-electron chi connectivity index (χ3n) is 2.09. The first-order valence-corrected chi connectivity index (χ1v) is 4.60. The molecule has 90 valence electrons. The van der Waals surface area contributed by atoms with Gasteiger partial charge in [0.1, 0.15) is 24.2 Å². The van der Waals surface area contributed by atoms with Crippen molar-refractivity contribution >= 4 is 11.6 Å². The van der Waals surface area contributed by atoms with Crippen LogP contribution in [-0.4, -0.2) is 22.7 Å². The van der Waals surface area contributed by atoms with Crippen molar-refractivity contribution in [3.05, 3.63) is 28.5 Å². The number of hydrogen-bond acceptors (Lipinski definition) is 3. The Morgan fingerprint density at radius 2 is 2.00 bits per heavy atom. The van der Waals surface area contributed by atoms with E-state index in [1.807, 2.05) is 0 Å². The summed E-state index contributed by atoms with van der Waals surface area (Å²) >= 11 is 5.44. The number of aliphatic hydroxyl groups is 1. The molecule has 0 bridgehead atoms. The molecule has 0 unspecified atom stereocenters. The molecule has 0 amide bonds. The molecule has 1 atom stereocenters. The van der Waals surface area contributed by atoms with E-state index in [4.69, 9.17) is 22.4 Å². The highest BCUT2D eigenvalue weighted by Crippen LogP contribution is 2.38. The Hall–Kier alpha value is -0.980. The van der Waals surface area contributed by atoms with Gasteiger partial charge in [-0.05, 0) is 12.1 Å². The van der Waals surface area contributed by atoms with Crippen molar-refractivity contribution in [2.24, 2.45) is 5.73 Å². The molecule has 0 aromatic heterocycles. The lowest BCUT2D eigenvalue weighted by molar-refractivity contribution is -0.0723. The summed E-state index contributed by atoms with van der Waals surface area (Å²) < 4.78 is 39.3. The zero-order valence-electron chi connectivity index (χ0n) is 7.92. The average molecular weight is 256 g/mol. The fourth-order valence-corrected chi connectivity index (χ4v) is 1.33. The number of nitrogens with two attached hydrogens (primary N) is 1. The number of phenolic OH excluding ortho intramolecular Hbond substituents is 1. The van der Waals surface area contributed by atoms with Crippen LogP contribution in [0, 0.1) is 5.82 Å². The number of hydrogen-bond donors (Lipinski definition) is 3. The molecule has 0 aliphatic heterocycles. The van der Waals surface area contributed by atoms with Gasteiger partial charge in [0.25, 0.3) is 5.92 Å². The lowest BCUT2D eigenvalue weighted by atomic mass is 10.0. The van der Waals surface area contributed by atoms with E-state index in [1.54, 1.807) is 0 Å². The maximum atomic E-state index is 13.2. The first kappa shape index (κ1) is 13.1. The fraction of sp³-hybridized carbons (Fsp3) is 0.333. The molecule has 4 N–H and O–H groups in total. The Morgan fingerprint density at radius 1 is 1.44 bits per heavy atom. The molecular weight excluding hydrogens is 247 g/mol. The molecule has 0 heterocycles. The zero-order valence-corrected chi connectivity index (χ0v) is 8.68. The molecule has 1 aromatic rings. The second-order valence-electron chi connectivity index (χ2n) is 3.19. The van der Waals surface area contributed by atoms with Crippen LogP contribution in [0.2, 0.25) is 5.02 Å². The molecule has 3 nitrogen and oxygen atoms in total. The molecule has 1 aromatic carbocycles. The van der Waals surface area contributed by atoms with Crippen LogP contribution >= 0.6 is 11.6 Å². The molecule has 7 heteroatoms. The lowest BCUT2D eigenvalue weighted by Gasteiger charge is -2.23.